The second-order valence-electron chi connectivity index (χ2n) is 2.08. The van der Waals surface area contributed by atoms with E-state index in [0.717, 1.165) is 19.2 Å². The fourth-order valence-corrected chi connectivity index (χ4v) is 2.55. The maximum atomic E-state index is 5.79. The van der Waals surface area contributed by atoms with Crippen molar-refractivity contribution in [1.82, 2.24) is 4.98 Å². The average Bonchev–Trinajstić information content (AvgIpc) is 2.27. The predicted octanol–water partition coefficient (Wildman–Crippen LogP) is 3.71. The van der Waals surface area contributed by atoms with E-state index in [1.54, 1.807) is 11.3 Å². The van der Waals surface area contributed by atoms with Gasteiger partial charge in [-0.15, -0.1) is 11.3 Å². The molecule has 0 saturated heterocycles. The van der Waals surface area contributed by atoms with Gasteiger partial charge < -0.3 is 0 Å². The number of halogens is 2. The lowest BCUT2D eigenvalue weighted by Gasteiger charge is -1.86. The van der Waals surface area contributed by atoms with Gasteiger partial charge in [-0.2, -0.15) is 0 Å². The minimum Gasteiger partial charge on any atom is -0.229 e. The Morgan fingerprint density at radius 3 is 3.09 bits per heavy atom. The lowest BCUT2D eigenvalue weighted by atomic mass is 10.3. The van der Waals surface area contributed by atoms with Gasteiger partial charge in [-0.1, -0.05) is 11.6 Å². The first kappa shape index (κ1) is 7.53. The number of aromatic nitrogens is 1. The number of hydrogen-bond donors (Lipinski definition) is 0. The monoisotopic (exact) mass is 247 g/mol. The van der Waals surface area contributed by atoms with Crippen molar-refractivity contribution in [2.45, 2.75) is 0 Å². The normalized spacial score (nSPS) is 10.7. The molecule has 0 bridgehead atoms. The van der Waals surface area contributed by atoms with Gasteiger partial charge in [0.05, 0.1) is 10.2 Å². The van der Waals surface area contributed by atoms with Gasteiger partial charge in [0, 0.05) is 5.02 Å². The topological polar surface area (TPSA) is 12.9 Å². The Hall–Kier alpha value is -0.120. The van der Waals surface area contributed by atoms with Crippen LogP contribution in [0.5, 0.6) is 0 Å². The van der Waals surface area contributed by atoms with Gasteiger partial charge in [-0.05, 0) is 34.1 Å². The van der Waals surface area contributed by atoms with Crippen molar-refractivity contribution in [3.05, 3.63) is 27.1 Å². The fourth-order valence-electron chi connectivity index (χ4n) is 0.870. The molecule has 0 spiro atoms. The second-order valence-corrected chi connectivity index (χ2v) is 4.82. The zero-order valence-corrected chi connectivity index (χ0v) is 8.50. The van der Waals surface area contributed by atoms with E-state index < -0.39 is 0 Å². The predicted molar refractivity (Wildman–Crippen MR) is 52.3 cm³/mol. The van der Waals surface area contributed by atoms with Gasteiger partial charge >= 0.3 is 0 Å². The van der Waals surface area contributed by atoms with Crippen molar-refractivity contribution in [3.63, 3.8) is 0 Å². The average molecular weight is 249 g/mol. The van der Waals surface area contributed by atoms with Crippen LogP contribution in [0.1, 0.15) is 0 Å². The van der Waals surface area contributed by atoms with Crippen molar-refractivity contribution in [2.24, 2.45) is 0 Å². The highest BCUT2D eigenvalue weighted by atomic mass is 79.9. The van der Waals surface area contributed by atoms with Crippen LogP contribution in [-0.2, 0) is 0 Å². The van der Waals surface area contributed by atoms with E-state index in [1.165, 1.54) is 0 Å². The summed E-state index contributed by atoms with van der Waals surface area (Å²) >= 11 is 10.7. The van der Waals surface area contributed by atoms with Gasteiger partial charge in [-0.25, -0.2) is 4.98 Å². The van der Waals surface area contributed by atoms with Crippen molar-refractivity contribution < 1.29 is 0 Å². The summed E-state index contributed by atoms with van der Waals surface area (Å²) in [5.74, 6) is 0. The Balaban J connectivity index is 2.82. The Morgan fingerprint density at radius 2 is 2.27 bits per heavy atom. The molecule has 0 amide bonds. The van der Waals surface area contributed by atoms with Crippen LogP contribution in [0.2, 0.25) is 5.02 Å². The van der Waals surface area contributed by atoms with Crippen molar-refractivity contribution in [3.8, 4) is 0 Å². The van der Waals surface area contributed by atoms with E-state index in [9.17, 15) is 0 Å². The molecular weight excluding hydrogens is 246 g/mol. The molecule has 1 heterocycles. The number of rotatable bonds is 0. The molecule has 11 heavy (non-hydrogen) atoms. The lowest BCUT2D eigenvalue weighted by Crippen LogP contribution is -1.65. The van der Waals surface area contributed by atoms with Gasteiger partial charge in [0.2, 0.25) is 0 Å². The van der Waals surface area contributed by atoms with Crippen LogP contribution in [-0.4, -0.2) is 4.98 Å². The summed E-state index contributed by atoms with van der Waals surface area (Å²) in [4.78, 5) is 4.23. The highest BCUT2D eigenvalue weighted by Gasteiger charge is 2.00. The molecule has 0 fully saturated rings. The molecule has 4 heteroatoms. The zero-order chi connectivity index (χ0) is 7.84. The maximum Gasteiger partial charge on any atom is 0.160 e. The summed E-state index contributed by atoms with van der Waals surface area (Å²) in [6.45, 7) is 0. The number of nitrogens with zero attached hydrogens (tertiary/aromatic N) is 1. The first-order valence-corrected chi connectivity index (χ1v) is 4.96. The Morgan fingerprint density at radius 1 is 1.45 bits per heavy atom. The molecule has 0 aliphatic carbocycles. The zero-order valence-electron chi connectivity index (χ0n) is 5.34. The molecule has 0 saturated carbocycles. The quantitative estimate of drug-likeness (QED) is 0.692. The molecule has 0 unspecified atom stereocenters. The summed E-state index contributed by atoms with van der Waals surface area (Å²) < 4.78 is 2.01. The number of benzene rings is 1. The van der Waals surface area contributed by atoms with E-state index in [0.29, 0.717) is 0 Å². The number of hydrogen-bond acceptors (Lipinski definition) is 2. The van der Waals surface area contributed by atoms with Crippen LogP contribution in [0.15, 0.2) is 22.1 Å². The third kappa shape index (κ3) is 1.41. The molecule has 56 valence electrons. The van der Waals surface area contributed by atoms with E-state index in [-0.39, 0.29) is 0 Å². The van der Waals surface area contributed by atoms with Crippen LogP contribution in [0.25, 0.3) is 10.2 Å². The smallest absolute Gasteiger partial charge is 0.160 e. The first-order chi connectivity index (χ1) is 5.25. The van der Waals surface area contributed by atoms with E-state index in [2.05, 4.69) is 20.9 Å². The van der Waals surface area contributed by atoms with Crippen LogP contribution < -0.4 is 0 Å². The number of fused-ring (bicyclic) bond motifs is 1. The summed E-state index contributed by atoms with van der Waals surface area (Å²) in [5, 5.41) is 0.758. The third-order valence-electron chi connectivity index (χ3n) is 1.32. The molecule has 1 aromatic carbocycles. The summed E-state index contributed by atoms with van der Waals surface area (Å²) in [7, 11) is 0. The second kappa shape index (κ2) is 2.73. The Bertz CT molecular complexity index is 398. The first-order valence-electron chi connectivity index (χ1n) is 2.97. The van der Waals surface area contributed by atoms with Crippen LogP contribution >= 0.6 is 38.9 Å². The van der Waals surface area contributed by atoms with E-state index in [4.69, 9.17) is 11.6 Å². The molecule has 0 N–H and O–H groups in total. The van der Waals surface area contributed by atoms with Crippen molar-refractivity contribution >= 4 is 49.1 Å². The molecule has 1 aromatic heterocycles. The largest absolute Gasteiger partial charge is 0.229 e. The van der Waals surface area contributed by atoms with E-state index >= 15 is 0 Å². The SMILES string of the molecule is Clc1ccc2nc(Br)sc2c1. The summed E-state index contributed by atoms with van der Waals surface area (Å²) in [5.41, 5.74) is 0.992. The van der Waals surface area contributed by atoms with E-state index in [1.807, 2.05) is 18.2 Å². The molecular formula is C7H3BrClNS. The molecule has 2 rings (SSSR count). The molecule has 0 aliphatic heterocycles. The standard InChI is InChI=1S/C7H3BrClNS/c8-7-10-5-2-1-4(9)3-6(5)11-7/h1-3H. The molecule has 0 aliphatic rings. The number of thiazole rings is 1. The summed E-state index contributed by atoms with van der Waals surface area (Å²) in [6, 6.07) is 5.67. The summed E-state index contributed by atoms with van der Waals surface area (Å²) in [6.07, 6.45) is 0. The fraction of sp³-hybridized carbons (Fsp3) is 0. The minimum absolute atomic E-state index is 0.758. The van der Waals surface area contributed by atoms with Crippen LogP contribution in [0.4, 0.5) is 0 Å². The minimum atomic E-state index is 0.758. The van der Waals surface area contributed by atoms with Gasteiger partial charge in [0.25, 0.3) is 0 Å². The van der Waals surface area contributed by atoms with Gasteiger partial charge in [-0.3, -0.25) is 0 Å². The third-order valence-corrected chi connectivity index (χ3v) is 3.03. The molecule has 0 radical (unpaired) electrons. The van der Waals surface area contributed by atoms with Gasteiger partial charge in [0.15, 0.2) is 3.92 Å². The van der Waals surface area contributed by atoms with Crippen LogP contribution in [0, 0.1) is 0 Å². The van der Waals surface area contributed by atoms with Crippen molar-refractivity contribution in [2.75, 3.05) is 0 Å². The Labute approximate surface area is 81.1 Å². The van der Waals surface area contributed by atoms with Crippen LogP contribution in [0.3, 0.4) is 0 Å². The molecule has 1 nitrogen and oxygen atoms in total. The Kier molecular flexibility index (Phi) is 1.87. The highest BCUT2D eigenvalue weighted by molar-refractivity contribution is 9.11. The van der Waals surface area contributed by atoms with Crippen molar-refractivity contribution in [1.29, 1.82) is 0 Å². The maximum absolute atomic E-state index is 5.79. The molecule has 0 atom stereocenters. The lowest BCUT2D eigenvalue weighted by molar-refractivity contribution is 1.45. The van der Waals surface area contributed by atoms with Gasteiger partial charge in [0.1, 0.15) is 0 Å². The molecule has 2 aromatic rings. The highest BCUT2D eigenvalue weighted by Crippen LogP contribution is 2.27.